The standard InChI is InChI=1S/C18H25FN4O.2ClH/c1-23-16-4-3-14(19)12-15(16)22-17(23)8-11-21-18(24)5-2-13-6-9-20-10-7-13;;/h3-4,12-13,20H,2,5-11H2,1H3,(H,21,24);2*1H. The van der Waals surface area contributed by atoms with Gasteiger partial charge in [-0.25, -0.2) is 9.37 Å². The fourth-order valence-corrected chi connectivity index (χ4v) is 3.35. The van der Waals surface area contributed by atoms with Crippen LogP contribution >= 0.6 is 24.8 Å². The first-order valence-electron chi connectivity index (χ1n) is 8.72. The second-order valence-corrected chi connectivity index (χ2v) is 6.55. The highest BCUT2D eigenvalue weighted by Gasteiger charge is 2.14. The molecule has 1 saturated heterocycles. The third-order valence-corrected chi connectivity index (χ3v) is 4.84. The van der Waals surface area contributed by atoms with Crippen LogP contribution in [0.1, 0.15) is 31.5 Å². The minimum absolute atomic E-state index is 0. The Bertz CT molecular complexity index is 717. The van der Waals surface area contributed by atoms with Gasteiger partial charge in [-0.2, -0.15) is 0 Å². The number of nitrogens with one attached hydrogen (secondary N) is 2. The maximum absolute atomic E-state index is 13.3. The summed E-state index contributed by atoms with van der Waals surface area (Å²) in [6.45, 7) is 2.70. The van der Waals surface area contributed by atoms with Crippen molar-refractivity contribution in [3.63, 3.8) is 0 Å². The number of imidazole rings is 1. The Labute approximate surface area is 165 Å². The third kappa shape index (κ3) is 5.83. The summed E-state index contributed by atoms with van der Waals surface area (Å²) in [6.07, 6.45) is 4.55. The lowest BCUT2D eigenvalue weighted by atomic mass is 9.93. The van der Waals surface area contributed by atoms with E-state index in [1.807, 2.05) is 11.6 Å². The molecule has 26 heavy (non-hydrogen) atoms. The second kappa shape index (κ2) is 10.7. The Morgan fingerprint density at radius 3 is 2.81 bits per heavy atom. The highest BCUT2D eigenvalue weighted by molar-refractivity contribution is 5.85. The van der Waals surface area contributed by atoms with Crippen LogP contribution in [-0.2, 0) is 18.3 Å². The molecule has 0 atom stereocenters. The van der Waals surface area contributed by atoms with Gasteiger partial charge in [0, 0.05) is 32.5 Å². The molecule has 1 aromatic heterocycles. The molecule has 2 aromatic rings. The molecule has 8 heteroatoms. The van der Waals surface area contributed by atoms with Crippen molar-refractivity contribution < 1.29 is 9.18 Å². The van der Waals surface area contributed by atoms with E-state index in [4.69, 9.17) is 0 Å². The normalized spacial score (nSPS) is 14.5. The van der Waals surface area contributed by atoms with Gasteiger partial charge >= 0.3 is 0 Å². The summed E-state index contributed by atoms with van der Waals surface area (Å²) in [5, 5.41) is 6.31. The van der Waals surface area contributed by atoms with Gasteiger partial charge in [0.05, 0.1) is 11.0 Å². The van der Waals surface area contributed by atoms with Crippen molar-refractivity contribution in [2.75, 3.05) is 19.6 Å². The van der Waals surface area contributed by atoms with Crippen molar-refractivity contribution in [1.29, 1.82) is 0 Å². The van der Waals surface area contributed by atoms with Crippen LogP contribution in [0.3, 0.4) is 0 Å². The zero-order valence-electron chi connectivity index (χ0n) is 15.0. The molecule has 0 saturated carbocycles. The summed E-state index contributed by atoms with van der Waals surface area (Å²) >= 11 is 0. The van der Waals surface area contributed by atoms with E-state index in [0.29, 0.717) is 30.8 Å². The predicted octanol–water partition coefficient (Wildman–Crippen LogP) is 2.99. The summed E-state index contributed by atoms with van der Waals surface area (Å²) in [5.41, 5.74) is 1.56. The van der Waals surface area contributed by atoms with Crippen molar-refractivity contribution in [2.45, 2.75) is 32.1 Å². The Kier molecular flexibility index (Phi) is 9.33. The molecule has 146 valence electrons. The predicted molar refractivity (Wildman–Crippen MR) is 107 cm³/mol. The van der Waals surface area contributed by atoms with E-state index in [0.717, 1.165) is 30.9 Å². The summed E-state index contributed by atoms with van der Waals surface area (Å²) in [4.78, 5) is 16.4. The molecule has 1 aliphatic rings. The molecule has 0 unspecified atom stereocenters. The molecular formula is C18H27Cl2FN4O. The van der Waals surface area contributed by atoms with Crippen molar-refractivity contribution in [1.82, 2.24) is 20.2 Å². The average molecular weight is 405 g/mol. The molecule has 1 fully saturated rings. The maximum atomic E-state index is 13.3. The van der Waals surface area contributed by atoms with Crippen molar-refractivity contribution in [3.8, 4) is 0 Å². The summed E-state index contributed by atoms with van der Waals surface area (Å²) in [6, 6.07) is 4.62. The fraction of sp³-hybridized carbons (Fsp3) is 0.556. The molecule has 2 heterocycles. The third-order valence-electron chi connectivity index (χ3n) is 4.84. The molecule has 0 bridgehead atoms. The van der Waals surface area contributed by atoms with E-state index in [-0.39, 0.29) is 36.5 Å². The molecule has 2 N–H and O–H groups in total. The fourth-order valence-electron chi connectivity index (χ4n) is 3.35. The number of hydrogen-bond acceptors (Lipinski definition) is 3. The van der Waals surface area contributed by atoms with Gasteiger partial charge in [0.15, 0.2) is 0 Å². The molecule has 0 radical (unpaired) electrons. The van der Waals surface area contributed by atoms with E-state index in [1.54, 1.807) is 6.07 Å². The van der Waals surface area contributed by atoms with Crippen LogP contribution in [0.2, 0.25) is 0 Å². The number of fused-ring (bicyclic) bond motifs is 1. The first-order valence-corrected chi connectivity index (χ1v) is 8.72. The largest absolute Gasteiger partial charge is 0.356 e. The van der Waals surface area contributed by atoms with Crippen LogP contribution in [0.5, 0.6) is 0 Å². The maximum Gasteiger partial charge on any atom is 0.220 e. The molecule has 1 amide bonds. The average Bonchev–Trinajstić information content (AvgIpc) is 2.89. The van der Waals surface area contributed by atoms with Gasteiger partial charge in [-0.05, 0) is 50.4 Å². The second-order valence-electron chi connectivity index (χ2n) is 6.55. The number of aromatic nitrogens is 2. The van der Waals surface area contributed by atoms with Crippen LogP contribution in [0.15, 0.2) is 18.2 Å². The van der Waals surface area contributed by atoms with Crippen LogP contribution in [0.25, 0.3) is 11.0 Å². The smallest absolute Gasteiger partial charge is 0.220 e. The minimum atomic E-state index is -0.279. The summed E-state index contributed by atoms with van der Waals surface area (Å²) < 4.78 is 15.2. The number of carbonyl (C=O) groups excluding carboxylic acids is 1. The van der Waals surface area contributed by atoms with E-state index >= 15 is 0 Å². The van der Waals surface area contributed by atoms with Gasteiger partial charge < -0.3 is 15.2 Å². The number of benzene rings is 1. The quantitative estimate of drug-likeness (QED) is 0.777. The zero-order chi connectivity index (χ0) is 16.9. The van der Waals surface area contributed by atoms with Gasteiger partial charge in [0.2, 0.25) is 5.91 Å². The minimum Gasteiger partial charge on any atom is -0.356 e. The number of piperidine rings is 1. The van der Waals surface area contributed by atoms with E-state index < -0.39 is 0 Å². The number of aryl methyl sites for hydroxylation is 1. The number of amides is 1. The van der Waals surface area contributed by atoms with Crippen molar-refractivity contribution in [2.24, 2.45) is 13.0 Å². The lowest BCUT2D eigenvalue weighted by Crippen LogP contribution is -2.30. The monoisotopic (exact) mass is 404 g/mol. The first-order chi connectivity index (χ1) is 11.6. The number of carbonyl (C=O) groups is 1. The van der Waals surface area contributed by atoms with Crippen LogP contribution in [-0.4, -0.2) is 35.1 Å². The van der Waals surface area contributed by atoms with Gasteiger partial charge in [0.25, 0.3) is 0 Å². The van der Waals surface area contributed by atoms with E-state index in [1.165, 1.54) is 25.0 Å². The SMILES string of the molecule is Cl.Cl.Cn1c(CCNC(=O)CCC2CCNCC2)nc2cc(F)ccc21. The van der Waals surface area contributed by atoms with E-state index in [9.17, 15) is 9.18 Å². The van der Waals surface area contributed by atoms with Crippen LogP contribution < -0.4 is 10.6 Å². The number of hydrogen-bond donors (Lipinski definition) is 2. The van der Waals surface area contributed by atoms with Gasteiger partial charge in [-0.3, -0.25) is 4.79 Å². The molecule has 1 aromatic carbocycles. The van der Waals surface area contributed by atoms with Gasteiger partial charge in [0.1, 0.15) is 11.6 Å². The Hall–Kier alpha value is -1.37. The number of rotatable bonds is 6. The van der Waals surface area contributed by atoms with Crippen molar-refractivity contribution >= 4 is 41.8 Å². The molecule has 3 rings (SSSR count). The number of nitrogens with zero attached hydrogens (tertiary/aromatic N) is 2. The highest BCUT2D eigenvalue weighted by Crippen LogP contribution is 2.18. The lowest BCUT2D eigenvalue weighted by Gasteiger charge is -2.22. The van der Waals surface area contributed by atoms with Crippen molar-refractivity contribution in [3.05, 3.63) is 29.8 Å². The van der Waals surface area contributed by atoms with E-state index in [2.05, 4.69) is 15.6 Å². The van der Waals surface area contributed by atoms with Gasteiger partial charge in [-0.1, -0.05) is 0 Å². The molecule has 0 spiro atoms. The lowest BCUT2D eigenvalue weighted by molar-refractivity contribution is -0.121. The zero-order valence-corrected chi connectivity index (χ0v) is 16.6. The topological polar surface area (TPSA) is 59.0 Å². The first kappa shape index (κ1) is 22.7. The summed E-state index contributed by atoms with van der Waals surface area (Å²) in [7, 11) is 1.92. The Balaban J connectivity index is 0.00000169. The van der Waals surface area contributed by atoms with Crippen LogP contribution in [0, 0.1) is 11.7 Å². The highest BCUT2D eigenvalue weighted by atomic mass is 35.5. The number of halogens is 3. The Morgan fingerprint density at radius 2 is 2.08 bits per heavy atom. The molecule has 0 aliphatic carbocycles. The molecule has 5 nitrogen and oxygen atoms in total. The van der Waals surface area contributed by atoms with Crippen LogP contribution in [0.4, 0.5) is 4.39 Å². The Morgan fingerprint density at radius 1 is 1.35 bits per heavy atom. The molecular weight excluding hydrogens is 378 g/mol. The summed E-state index contributed by atoms with van der Waals surface area (Å²) in [5.74, 6) is 1.36. The van der Waals surface area contributed by atoms with Gasteiger partial charge in [-0.15, -0.1) is 24.8 Å². The molecule has 1 aliphatic heterocycles.